The topological polar surface area (TPSA) is 48.7 Å². The van der Waals surface area contributed by atoms with Crippen molar-refractivity contribution in [2.24, 2.45) is 0 Å². The molecule has 0 saturated heterocycles. The molecule has 0 amide bonds. The third kappa shape index (κ3) is 3.82. The van der Waals surface area contributed by atoms with Gasteiger partial charge in [-0.05, 0) is 56.9 Å². The molecular formula is C24H22F2O4. The van der Waals surface area contributed by atoms with Crippen molar-refractivity contribution < 1.29 is 22.7 Å². The van der Waals surface area contributed by atoms with Crippen molar-refractivity contribution >= 4 is 23.1 Å². The highest BCUT2D eigenvalue weighted by atomic mass is 19.2. The van der Waals surface area contributed by atoms with Gasteiger partial charge >= 0.3 is 0 Å². The molecule has 1 aliphatic carbocycles. The van der Waals surface area contributed by atoms with E-state index < -0.39 is 17.1 Å². The first-order valence-corrected chi connectivity index (χ1v) is 9.92. The summed E-state index contributed by atoms with van der Waals surface area (Å²) in [7, 11) is 1.59. The lowest BCUT2D eigenvalue weighted by molar-refractivity contribution is 0.200. The van der Waals surface area contributed by atoms with Gasteiger partial charge in [0.15, 0.2) is 28.6 Å². The summed E-state index contributed by atoms with van der Waals surface area (Å²) in [5, 5.41) is 0.00943. The number of hydrogen-bond donors (Lipinski definition) is 0. The Morgan fingerprint density at radius 2 is 1.83 bits per heavy atom. The molecule has 0 spiro atoms. The standard InChI is InChI=1S/C24H22F2O4/c1-14-20(30-22-13-19(26)18(25)12-17(22)23(14)27)11-10-15-6-5-9-21(28-2)24(15)29-16-7-3-4-8-16/h5-6,9-13,16H,3-4,7-8H2,1-2H3. The number of hydrogen-bond acceptors (Lipinski definition) is 4. The van der Waals surface area contributed by atoms with Crippen LogP contribution >= 0.6 is 0 Å². The third-order valence-electron chi connectivity index (χ3n) is 5.43. The molecule has 3 aromatic rings. The maximum Gasteiger partial charge on any atom is 0.196 e. The minimum atomic E-state index is -1.08. The molecular weight excluding hydrogens is 390 g/mol. The van der Waals surface area contributed by atoms with Crippen LogP contribution in [0.2, 0.25) is 0 Å². The smallest absolute Gasteiger partial charge is 0.196 e. The van der Waals surface area contributed by atoms with E-state index in [9.17, 15) is 13.6 Å². The lowest BCUT2D eigenvalue weighted by Crippen LogP contribution is -2.12. The molecule has 0 radical (unpaired) electrons. The summed E-state index contributed by atoms with van der Waals surface area (Å²) < 4.78 is 44.5. The molecule has 1 heterocycles. The molecule has 0 aliphatic heterocycles. The SMILES string of the molecule is COc1cccc(C=Cc2oc3cc(F)c(F)cc3c(=O)c2C)c1OC1CCCC1. The van der Waals surface area contributed by atoms with Gasteiger partial charge in [0.2, 0.25) is 0 Å². The van der Waals surface area contributed by atoms with E-state index >= 15 is 0 Å². The van der Waals surface area contributed by atoms with Gasteiger partial charge in [0.05, 0.1) is 18.6 Å². The highest BCUT2D eigenvalue weighted by Crippen LogP contribution is 2.36. The molecule has 156 valence electrons. The fraction of sp³-hybridized carbons (Fsp3) is 0.292. The number of rotatable bonds is 5. The van der Waals surface area contributed by atoms with Crippen LogP contribution < -0.4 is 14.9 Å². The Kier molecular flexibility index (Phi) is 5.57. The molecule has 30 heavy (non-hydrogen) atoms. The maximum atomic E-state index is 13.6. The van der Waals surface area contributed by atoms with E-state index in [1.165, 1.54) is 0 Å². The van der Waals surface area contributed by atoms with E-state index in [1.54, 1.807) is 26.2 Å². The van der Waals surface area contributed by atoms with E-state index in [-0.39, 0.29) is 22.8 Å². The number of para-hydroxylation sites is 1. The van der Waals surface area contributed by atoms with Crippen LogP contribution in [0.15, 0.2) is 39.5 Å². The monoisotopic (exact) mass is 412 g/mol. The molecule has 2 aromatic carbocycles. The van der Waals surface area contributed by atoms with E-state index in [4.69, 9.17) is 13.9 Å². The van der Waals surface area contributed by atoms with E-state index in [2.05, 4.69) is 0 Å². The molecule has 0 bridgehead atoms. The Hall–Kier alpha value is -3.15. The van der Waals surface area contributed by atoms with Crippen molar-refractivity contribution in [1.29, 1.82) is 0 Å². The van der Waals surface area contributed by atoms with Gasteiger partial charge in [0.25, 0.3) is 0 Å². The quantitative estimate of drug-likeness (QED) is 0.525. The molecule has 4 nitrogen and oxygen atoms in total. The van der Waals surface area contributed by atoms with Gasteiger partial charge in [0, 0.05) is 17.2 Å². The van der Waals surface area contributed by atoms with Gasteiger partial charge in [-0.3, -0.25) is 4.79 Å². The summed E-state index contributed by atoms with van der Waals surface area (Å²) in [6.07, 6.45) is 7.83. The van der Waals surface area contributed by atoms with Crippen molar-refractivity contribution in [1.82, 2.24) is 0 Å². The zero-order chi connectivity index (χ0) is 21.3. The number of ether oxygens (including phenoxy) is 2. The molecule has 1 aliphatic rings. The Morgan fingerprint density at radius 3 is 2.57 bits per heavy atom. The normalized spacial score (nSPS) is 14.7. The van der Waals surface area contributed by atoms with Gasteiger partial charge in [-0.2, -0.15) is 0 Å². The van der Waals surface area contributed by atoms with Crippen molar-refractivity contribution in [3.05, 3.63) is 69.1 Å². The second kappa shape index (κ2) is 8.30. The highest BCUT2D eigenvalue weighted by Gasteiger charge is 2.20. The third-order valence-corrected chi connectivity index (χ3v) is 5.43. The molecule has 0 unspecified atom stereocenters. The molecule has 6 heteroatoms. The number of benzene rings is 2. The highest BCUT2D eigenvalue weighted by molar-refractivity contribution is 5.80. The van der Waals surface area contributed by atoms with E-state index in [1.807, 2.05) is 18.2 Å². The zero-order valence-corrected chi connectivity index (χ0v) is 16.8. The predicted molar refractivity (Wildman–Crippen MR) is 112 cm³/mol. The van der Waals surface area contributed by atoms with Crippen LogP contribution in [0, 0.1) is 18.6 Å². The number of methoxy groups -OCH3 is 1. The van der Waals surface area contributed by atoms with Gasteiger partial charge < -0.3 is 13.9 Å². The molecule has 0 N–H and O–H groups in total. The lowest BCUT2D eigenvalue weighted by Gasteiger charge is -2.18. The van der Waals surface area contributed by atoms with Crippen molar-refractivity contribution in [2.45, 2.75) is 38.7 Å². The summed E-state index contributed by atoms with van der Waals surface area (Å²) in [5.41, 5.74) is 0.680. The van der Waals surface area contributed by atoms with E-state index in [0.29, 0.717) is 17.1 Å². The zero-order valence-electron chi connectivity index (χ0n) is 16.8. The summed E-state index contributed by atoms with van der Waals surface area (Å²) in [5.74, 6) is -0.615. The molecule has 1 fully saturated rings. The molecule has 0 atom stereocenters. The Labute approximate surface area is 172 Å². The predicted octanol–water partition coefficient (Wildman–Crippen LogP) is 5.88. The summed E-state index contributed by atoms with van der Waals surface area (Å²) in [6, 6.07) is 7.32. The van der Waals surface area contributed by atoms with E-state index in [0.717, 1.165) is 43.4 Å². The molecule has 1 saturated carbocycles. The van der Waals surface area contributed by atoms with Crippen molar-refractivity contribution in [3.63, 3.8) is 0 Å². The van der Waals surface area contributed by atoms with Gasteiger partial charge in [-0.25, -0.2) is 8.78 Å². The van der Waals surface area contributed by atoms with Crippen molar-refractivity contribution in [2.75, 3.05) is 7.11 Å². The van der Waals surface area contributed by atoms with Crippen molar-refractivity contribution in [3.8, 4) is 11.5 Å². The first-order chi connectivity index (χ1) is 14.5. The molecule has 1 aromatic heterocycles. The largest absolute Gasteiger partial charge is 0.493 e. The maximum absolute atomic E-state index is 13.6. The van der Waals surface area contributed by atoms with Gasteiger partial charge in [-0.15, -0.1) is 0 Å². The average molecular weight is 412 g/mol. The number of halogens is 2. The Morgan fingerprint density at radius 1 is 1.10 bits per heavy atom. The lowest BCUT2D eigenvalue weighted by atomic mass is 10.1. The Balaban J connectivity index is 1.75. The van der Waals surface area contributed by atoms with Crippen LogP contribution in [-0.4, -0.2) is 13.2 Å². The minimum Gasteiger partial charge on any atom is -0.493 e. The van der Waals surface area contributed by atoms with Crippen LogP contribution in [0.5, 0.6) is 11.5 Å². The number of fused-ring (bicyclic) bond motifs is 1. The second-order valence-corrected chi connectivity index (χ2v) is 7.42. The summed E-state index contributed by atoms with van der Waals surface area (Å²) >= 11 is 0. The molecule has 4 rings (SSSR count). The van der Waals surface area contributed by atoms with Gasteiger partial charge in [0.1, 0.15) is 11.3 Å². The second-order valence-electron chi connectivity index (χ2n) is 7.42. The van der Waals surface area contributed by atoms with Crippen LogP contribution in [0.4, 0.5) is 8.78 Å². The van der Waals surface area contributed by atoms with Crippen LogP contribution in [-0.2, 0) is 0 Å². The first-order valence-electron chi connectivity index (χ1n) is 9.92. The first kappa shape index (κ1) is 20.1. The van der Waals surface area contributed by atoms with Crippen LogP contribution in [0.3, 0.4) is 0 Å². The minimum absolute atomic E-state index is 0.00257. The summed E-state index contributed by atoms with van der Waals surface area (Å²) in [4.78, 5) is 12.6. The fourth-order valence-electron chi connectivity index (χ4n) is 3.75. The summed E-state index contributed by atoms with van der Waals surface area (Å²) in [6.45, 7) is 1.59. The average Bonchev–Trinajstić information content (AvgIpc) is 3.25. The van der Waals surface area contributed by atoms with Crippen LogP contribution in [0.1, 0.15) is 42.6 Å². The van der Waals surface area contributed by atoms with Gasteiger partial charge in [-0.1, -0.05) is 12.1 Å². The fourth-order valence-corrected chi connectivity index (χ4v) is 3.75. The van der Waals surface area contributed by atoms with Crippen LogP contribution in [0.25, 0.3) is 23.1 Å². The Bertz CT molecular complexity index is 1170.